The van der Waals surface area contributed by atoms with Gasteiger partial charge in [-0.25, -0.2) is 4.79 Å². The molecule has 0 fully saturated rings. The van der Waals surface area contributed by atoms with Crippen LogP contribution in [-0.4, -0.2) is 16.9 Å². The van der Waals surface area contributed by atoms with Gasteiger partial charge >= 0.3 is 5.97 Å². The van der Waals surface area contributed by atoms with Crippen molar-refractivity contribution < 1.29 is 14.7 Å². The maximum atomic E-state index is 11.2. The molecule has 0 aliphatic carbocycles. The Labute approximate surface area is 94.2 Å². The van der Waals surface area contributed by atoms with Crippen molar-refractivity contribution in [2.75, 3.05) is 5.73 Å². The highest BCUT2D eigenvalue weighted by atomic mass is 127. The van der Waals surface area contributed by atoms with E-state index in [0.717, 1.165) is 0 Å². The molecule has 0 aliphatic rings. The highest BCUT2D eigenvalue weighted by Gasteiger charge is 2.16. The number of anilines is 1. The normalized spacial score (nSPS) is 9.86. The van der Waals surface area contributed by atoms with Gasteiger partial charge in [-0.05, 0) is 41.6 Å². The fourth-order valence-corrected chi connectivity index (χ4v) is 1.99. The van der Waals surface area contributed by atoms with Crippen molar-refractivity contribution in [3.8, 4) is 0 Å². The summed E-state index contributed by atoms with van der Waals surface area (Å²) >= 11 is 1.95. The summed E-state index contributed by atoms with van der Waals surface area (Å²) in [5.74, 6) is -1.35. The molecular formula is C9H8INO3. The zero-order valence-corrected chi connectivity index (χ0v) is 9.53. The topological polar surface area (TPSA) is 80.4 Å². The van der Waals surface area contributed by atoms with Crippen molar-refractivity contribution in [1.29, 1.82) is 0 Å². The number of halogens is 1. The summed E-state index contributed by atoms with van der Waals surface area (Å²) in [5, 5.41) is 8.77. The van der Waals surface area contributed by atoms with Crippen LogP contribution in [-0.2, 0) is 0 Å². The lowest BCUT2D eigenvalue weighted by molar-refractivity contribution is 0.0698. The summed E-state index contributed by atoms with van der Waals surface area (Å²) < 4.78 is 0.664. The van der Waals surface area contributed by atoms with E-state index in [1.807, 2.05) is 22.6 Å². The van der Waals surface area contributed by atoms with Crippen LogP contribution in [0.5, 0.6) is 0 Å². The molecule has 5 heteroatoms. The van der Waals surface area contributed by atoms with Crippen LogP contribution in [0.25, 0.3) is 0 Å². The minimum absolute atomic E-state index is 0.0318. The minimum Gasteiger partial charge on any atom is -0.478 e. The Balaban J connectivity index is 3.49. The fraction of sp³-hybridized carbons (Fsp3) is 0.111. The molecule has 0 unspecified atom stereocenters. The second kappa shape index (κ2) is 3.95. The molecule has 0 saturated heterocycles. The lowest BCUT2D eigenvalue weighted by Gasteiger charge is -2.07. The van der Waals surface area contributed by atoms with E-state index in [4.69, 9.17) is 10.8 Å². The standard InChI is InChI=1S/C9H8INO3/c1-4(12)7-6(10)3-2-5(8(7)11)9(13)14/h2-3H,11H2,1H3,(H,13,14). The molecule has 0 saturated carbocycles. The van der Waals surface area contributed by atoms with E-state index in [9.17, 15) is 9.59 Å². The van der Waals surface area contributed by atoms with E-state index < -0.39 is 5.97 Å². The van der Waals surface area contributed by atoms with Crippen LogP contribution >= 0.6 is 22.6 Å². The number of carboxylic acid groups (broad SMARTS) is 1. The number of Topliss-reactive ketones (excluding diaryl/α,β-unsaturated/α-hetero) is 1. The van der Waals surface area contributed by atoms with E-state index in [-0.39, 0.29) is 22.6 Å². The highest BCUT2D eigenvalue weighted by molar-refractivity contribution is 14.1. The quantitative estimate of drug-likeness (QED) is 0.496. The van der Waals surface area contributed by atoms with Crippen molar-refractivity contribution in [2.24, 2.45) is 0 Å². The third kappa shape index (κ3) is 1.87. The summed E-state index contributed by atoms with van der Waals surface area (Å²) in [5.41, 5.74) is 5.87. The molecule has 0 bridgehead atoms. The average Bonchev–Trinajstić information content (AvgIpc) is 2.02. The van der Waals surface area contributed by atoms with Crippen LogP contribution in [0.15, 0.2) is 12.1 Å². The van der Waals surface area contributed by atoms with Gasteiger partial charge in [0, 0.05) is 3.57 Å². The SMILES string of the molecule is CC(=O)c1c(I)ccc(C(=O)O)c1N. The number of carbonyl (C=O) groups excluding carboxylic acids is 1. The Hall–Kier alpha value is -1.11. The van der Waals surface area contributed by atoms with Crippen LogP contribution in [0.1, 0.15) is 27.6 Å². The first-order valence-electron chi connectivity index (χ1n) is 3.77. The van der Waals surface area contributed by atoms with Gasteiger partial charge in [-0.1, -0.05) is 0 Å². The first-order valence-corrected chi connectivity index (χ1v) is 4.85. The van der Waals surface area contributed by atoms with Crippen LogP contribution in [0.2, 0.25) is 0 Å². The molecule has 1 aromatic rings. The van der Waals surface area contributed by atoms with Crippen LogP contribution in [0, 0.1) is 3.57 Å². The van der Waals surface area contributed by atoms with Gasteiger partial charge in [0.05, 0.1) is 16.8 Å². The lowest BCUT2D eigenvalue weighted by atomic mass is 10.0. The van der Waals surface area contributed by atoms with E-state index in [0.29, 0.717) is 3.57 Å². The van der Waals surface area contributed by atoms with E-state index in [1.165, 1.54) is 13.0 Å². The predicted octanol–water partition coefficient (Wildman–Crippen LogP) is 1.77. The Morgan fingerprint density at radius 2 is 2.00 bits per heavy atom. The fourth-order valence-electron chi connectivity index (χ4n) is 1.14. The average molecular weight is 305 g/mol. The Morgan fingerprint density at radius 3 is 2.43 bits per heavy atom. The highest BCUT2D eigenvalue weighted by Crippen LogP contribution is 2.23. The number of carbonyl (C=O) groups is 2. The molecule has 0 aromatic heterocycles. The van der Waals surface area contributed by atoms with Crippen molar-refractivity contribution in [1.82, 2.24) is 0 Å². The van der Waals surface area contributed by atoms with Gasteiger partial charge in [-0.3, -0.25) is 4.79 Å². The molecule has 0 aliphatic heterocycles. The van der Waals surface area contributed by atoms with Gasteiger partial charge in [-0.2, -0.15) is 0 Å². The van der Waals surface area contributed by atoms with Gasteiger partial charge in [0.25, 0.3) is 0 Å². The van der Waals surface area contributed by atoms with Crippen molar-refractivity contribution >= 4 is 40.0 Å². The molecular weight excluding hydrogens is 297 g/mol. The Bertz CT molecular complexity index is 415. The minimum atomic E-state index is -1.12. The van der Waals surface area contributed by atoms with Crippen molar-refractivity contribution in [2.45, 2.75) is 6.92 Å². The maximum absolute atomic E-state index is 11.2. The molecule has 1 aromatic carbocycles. The number of ketones is 1. The summed E-state index contributed by atoms with van der Waals surface area (Å²) in [6.07, 6.45) is 0. The summed E-state index contributed by atoms with van der Waals surface area (Å²) in [6, 6.07) is 2.96. The number of rotatable bonds is 2. The first-order chi connectivity index (χ1) is 6.45. The summed E-state index contributed by atoms with van der Waals surface area (Å²) in [4.78, 5) is 21.9. The van der Waals surface area contributed by atoms with Gasteiger partial charge in [-0.15, -0.1) is 0 Å². The Morgan fingerprint density at radius 1 is 1.43 bits per heavy atom. The van der Waals surface area contributed by atoms with Crippen LogP contribution in [0.3, 0.4) is 0 Å². The third-order valence-electron chi connectivity index (χ3n) is 1.78. The second-order valence-electron chi connectivity index (χ2n) is 2.74. The number of hydrogen-bond donors (Lipinski definition) is 2. The van der Waals surface area contributed by atoms with Gasteiger partial charge in [0.15, 0.2) is 5.78 Å². The van der Waals surface area contributed by atoms with Gasteiger partial charge in [0.1, 0.15) is 0 Å². The largest absolute Gasteiger partial charge is 0.478 e. The van der Waals surface area contributed by atoms with E-state index in [1.54, 1.807) is 6.07 Å². The molecule has 0 amide bonds. The van der Waals surface area contributed by atoms with Crippen LogP contribution < -0.4 is 5.73 Å². The summed E-state index contributed by atoms with van der Waals surface area (Å²) in [6.45, 7) is 1.36. The van der Waals surface area contributed by atoms with Crippen LogP contribution in [0.4, 0.5) is 5.69 Å². The number of nitrogen functional groups attached to an aromatic ring is 1. The smallest absolute Gasteiger partial charge is 0.337 e. The number of benzene rings is 1. The zero-order valence-electron chi connectivity index (χ0n) is 7.37. The monoisotopic (exact) mass is 305 g/mol. The number of nitrogens with two attached hydrogens (primary N) is 1. The third-order valence-corrected chi connectivity index (χ3v) is 2.68. The van der Waals surface area contributed by atoms with Crippen molar-refractivity contribution in [3.05, 3.63) is 26.8 Å². The van der Waals surface area contributed by atoms with Gasteiger partial charge in [0.2, 0.25) is 0 Å². The molecule has 0 heterocycles. The molecule has 4 nitrogen and oxygen atoms in total. The number of carboxylic acids is 1. The first kappa shape index (κ1) is 11.0. The van der Waals surface area contributed by atoms with Crippen molar-refractivity contribution in [3.63, 3.8) is 0 Å². The molecule has 14 heavy (non-hydrogen) atoms. The molecule has 0 radical (unpaired) electrons. The maximum Gasteiger partial charge on any atom is 0.337 e. The van der Waals surface area contributed by atoms with Gasteiger partial charge < -0.3 is 10.8 Å². The molecule has 1 rings (SSSR count). The number of hydrogen-bond acceptors (Lipinski definition) is 3. The molecule has 0 spiro atoms. The number of aromatic carboxylic acids is 1. The van der Waals surface area contributed by atoms with E-state index in [2.05, 4.69) is 0 Å². The zero-order chi connectivity index (χ0) is 10.9. The Kier molecular flexibility index (Phi) is 3.10. The summed E-state index contributed by atoms with van der Waals surface area (Å²) in [7, 11) is 0. The molecule has 0 atom stereocenters. The second-order valence-corrected chi connectivity index (χ2v) is 3.91. The molecule has 3 N–H and O–H groups in total. The molecule has 74 valence electrons. The van der Waals surface area contributed by atoms with E-state index >= 15 is 0 Å². The predicted molar refractivity (Wildman–Crippen MR) is 60.5 cm³/mol. The lowest BCUT2D eigenvalue weighted by Crippen LogP contribution is -2.09.